The molecule has 0 aliphatic rings. The van der Waals surface area contributed by atoms with Crippen molar-refractivity contribution in [1.82, 2.24) is 19.7 Å². The molecule has 5 nitrogen and oxygen atoms in total. The summed E-state index contributed by atoms with van der Waals surface area (Å²) in [6.45, 7) is 1.26. The Morgan fingerprint density at radius 1 is 1.24 bits per heavy atom. The van der Waals surface area contributed by atoms with E-state index in [4.69, 9.17) is 34.8 Å². The minimum Gasteiger partial charge on any atom is -0.308 e. The molecule has 0 amide bonds. The van der Waals surface area contributed by atoms with Crippen LogP contribution in [0.1, 0.15) is 16.2 Å². The first-order valence-corrected chi connectivity index (χ1v) is 7.25. The number of halogens is 3. The molecule has 0 unspecified atom stereocenters. The molecule has 8 heteroatoms. The summed E-state index contributed by atoms with van der Waals surface area (Å²) in [6, 6.07) is 1.47. The Hall–Kier alpha value is -1.14. The van der Waals surface area contributed by atoms with Crippen molar-refractivity contribution in [3.8, 4) is 0 Å². The van der Waals surface area contributed by atoms with E-state index in [9.17, 15) is 4.79 Å². The van der Waals surface area contributed by atoms with E-state index >= 15 is 0 Å². The van der Waals surface area contributed by atoms with Gasteiger partial charge in [0.15, 0.2) is 0 Å². The monoisotopic (exact) mass is 346 g/mol. The lowest BCUT2D eigenvalue weighted by Gasteiger charge is -2.12. The van der Waals surface area contributed by atoms with Gasteiger partial charge in [-0.3, -0.25) is 9.48 Å². The minimum absolute atomic E-state index is 0.106. The third kappa shape index (κ3) is 3.74. The SMILES string of the molecule is CN(C)CCn1ncc(Cl)c1C(=O)c1ncc(Cl)cc1Cl. The predicted molar refractivity (Wildman–Crippen MR) is 83.5 cm³/mol. The maximum absolute atomic E-state index is 12.6. The lowest BCUT2D eigenvalue weighted by Crippen LogP contribution is -2.22. The highest BCUT2D eigenvalue weighted by atomic mass is 35.5. The highest BCUT2D eigenvalue weighted by Crippen LogP contribution is 2.24. The van der Waals surface area contributed by atoms with E-state index < -0.39 is 0 Å². The third-order valence-electron chi connectivity index (χ3n) is 2.79. The predicted octanol–water partition coefficient (Wildman–Crippen LogP) is 3.03. The van der Waals surface area contributed by atoms with E-state index in [-0.39, 0.29) is 27.2 Å². The second kappa shape index (κ2) is 6.75. The maximum Gasteiger partial charge on any atom is 0.232 e. The molecule has 0 N–H and O–H groups in total. The van der Waals surface area contributed by atoms with E-state index in [2.05, 4.69) is 10.1 Å². The van der Waals surface area contributed by atoms with Crippen LogP contribution in [0.4, 0.5) is 0 Å². The molecule has 21 heavy (non-hydrogen) atoms. The Bertz CT molecular complexity index is 669. The molecule has 0 radical (unpaired) electrons. The van der Waals surface area contributed by atoms with Crippen LogP contribution in [0.25, 0.3) is 0 Å². The van der Waals surface area contributed by atoms with Gasteiger partial charge in [-0.2, -0.15) is 5.10 Å². The molecule has 2 aromatic rings. The van der Waals surface area contributed by atoms with E-state index in [1.54, 1.807) is 4.68 Å². The average Bonchev–Trinajstić information content (AvgIpc) is 2.77. The summed E-state index contributed by atoms with van der Waals surface area (Å²) in [4.78, 5) is 18.5. The Balaban J connectivity index is 2.36. The summed E-state index contributed by atoms with van der Waals surface area (Å²) >= 11 is 17.9. The van der Waals surface area contributed by atoms with Gasteiger partial charge in [0, 0.05) is 12.7 Å². The lowest BCUT2D eigenvalue weighted by molar-refractivity contribution is 0.102. The molecule has 0 bridgehead atoms. The second-order valence-electron chi connectivity index (χ2n) is 4.68. The van der Waals surface area contributed by atoms with Gasteiger partial charge in [-0.25, -0.2) is 4.98 Å². The molecular weight excluding hydrogens is 335 g/mol. The van der Waals surface area contributed by atoms with E-state index in [1.165, 1.54) is 18.5 Å². The number of hydrogen-bond acceptors (Lipinski definition) is 4. The van der Waals surface area contributed by atoms with Crippen LogP contribution in [0.3, 0.4) is 0 Å². The summed E-state index contributed by atoms with van der Waals surface area (Å²) in [5.74, 6) is -0.377. The van der Waals surface area contributed by atoms with E-state index in [0.717, 1.165) is 6.54 Å². The van der Waals surface area contributed by atoms with Crippen LogP contribution in [-0.2, 0) is 6.54 Å². The molecule has 0 aliphatic carbocycles. The van der Waals surface area contributed by atoms with E-state index in [1.807, 2.05) is 19.0 Å². The van der Waals surface area contributed by atoms with Gasteiger partial charge in [-0.15, -0.1) is 0 Å². The number of carbonyl (C=O) groups is 1. The first-order chi connectivity index (χ1) is 9.90. The number of rotatable bonds is 5. The van der Waals surface area contributed by atoms with Crippen molar-refractivity contribution in [2.75, 3.05) is 20.6 Å². The average molecular weight is 348 g/mol. The molecule has 2 heterocycles. The zero-order valence-electron chi connectivity index (χ0n) is 11.5. The Kier molecular flexibility index (Phi) is 5.22. The summed E-state index contributed by atoms with van der Waals surface area (Å²) in [6.07, 6.45) is 2.81. The first kappa shape index (κ1) is 16.2. The highest BCUT2D eigenvalue weighted by Gasteiger charge is 2.22. The largest absolute Gasteiger partial charge is 0.308 e. The van der Waals surface area contributed by atoms with Gasteiger partial charge in [0.2, 0.25) is 5.78 Å². The zero-order valence-corrected chi connectivity index (χ0v) is 13.7. The quantitative estimate of drug-likeness (QED) is 0.780. The van der Waals surface area contributed by atoms with Crippen molar-refractivity contribution in [2.45, 2.75) is 6.54 Å². The maximum atomic E-state index is 12.6. The van der Waals surface area contributed by atoms with Crippen molar-refractivity contribution in [1.29, 1.82) is 0 Å². The molecule has 0 saturated carbocycles. The third-order valence-corrected chi connectivity index (χ3v) is 3.56. The van der Waals surface area contributed by atoms with Gasteiger partial charge in [0.1, 0.15) is 11.4 Å². The van der Waals surface area contributed by atoms with Crippen molar-refractivity contribution in [3.05, 3.63) is 44.9 Å². The molecular formula is C13H13Cl3N4O. The molecule has 2 rings (SSSR count). The van der Waals surface area contributed by atoms with Gasteiger partial charge in [-0.05, 0) is 20.2 Å². The van der Waals surface area contributed by atoms with Gasteiger partial charge in [0.05, 0.1) is 27.8 Å². The fraction of sp³-hybridized carbons (Fsp3) is 0.308. The van der Waals surface area contributed by atoms with Gasteiger partial charge in [0.25, 0.3) is 0 Å². The molecule has 0 fully saturated rings. The summed E-state index contributed by atoms with van der Waals surface area (Å²) in [5.41, 5.74) is 0.379. The molecule has 0 atom stereocenters. The number of ketones is 1. The number of hydrogen-bond donors (Lipinski definition) is 0. The molecule has 0 aliphatic heterocycles. The molecule has 0 saturated heterocycles. The van der Waals surface area contributed by atoms with Crippen LogP contribution in [0, 0.1) is 0 Å². The van der Waals surface area contributed by atoms with Crippen LogP contribution in [-0.4, -0.2) is 46.1 Å². The summed E-state index contributed by atoms with van der Waals surface area (Å²) in [5, 5.41) is 4.94. The van der Waals surface area contributed by atoms with Gasteiger partial charge in [-0.1, -0.05) is 34.8 Å². The second-order valence-corrected chi connectivity index (χ2v) is 5.93. The van der Waals surface area contributed by atoms with Gasteiger partial charge < -0.3 is 4.90 Å². The molecule has 112 valence electrons. The fourth-order valence-corrected chi connectivity index (χ4v) is 2.44. The molecule has 0 aromatic carbocycles. The number of pyridine rings is 1. The van der Waals surface area contributed by atoms with E-state index in [0.29, 0.717) is 11.6 Å². The summed E-state index contributed by atoms with van der Waals surface area (Å²) < 4.78 is 1.55. The smallest absolute Gasteiger partial charge is 0.232 e. The number of aromatic nitrogens is 3. The van der Waals surface area contributed by atoms with Crippen LogP contribution in [0.5, 0.6) is 0 Å². The van der Waals surface area contributed by atoms with Crippen LogP contribution in [0.2, 0.25) is 15.1 Å². The highest BCUT2D eigenvalue weighted by molar-refractivity contribution is 6.38. The van der Waals surface area contributed by atoms with Crippen molar-refractivity contribution < 1.29 is 4.79 Å². The van der Waals surface area contributed by atoms with Crippen molar-refractivity contribution in [2.24, 2.45) is 0 Å². The fourth-order valence-electron chi connectivity index (χ4n) is 1.75. The van der Waals surface area contributed by atoms with Crippen LogP contribution >= 0.6 is 34.8 Å². The molecule has 0 spiro atoms. The van der Waals surface area contributed by atoms with Gasteiger partial charge >= 0.3 is 0 Å². The molecule has 2 aromatic heterocycles. The Labute approximate surface area is 137 Å². The Morgan fingerprint density at radius 3 is 2.57 bits per heavy atom. The lowest BCUT2D eigenvalue weighted by atomic mass is 10.2. The standard InChI is InChI=1S/C13H13Cl3N4O/c1-19(2)3-4-20-12(10(16)7-18-20)13(21)11-9(15)5-8(14)6-17-11/h5-7H,3-4H2,1-2H3. The number of likely N-dealkylation sites (N-methyl/N-ethyl adjacent to an activating group) is 1. The van der Waals surface area contributed by atoms with Crippen LogP contribution < -0.4 is 0 Å². The minimum atomic E-state index is -0.377. The van der Waals surface area contributed by atoms with Crippen molar-refractivity contribution in [3.63, 3.8) is 0 Å². The first-order valence-electron chi connectivity index (χ1n) is 6.12. The number of nitrogens with zero attached hydrogens (tertiary/aromatic N) is 4. The number of carbonyl (C=O) groups excluding carboxylic acids is 1. The van der Waals surface area contributed by atoms with Crippen LogP contribution in [0.15, 0.2) is 18.5 Å². The summed E-state index contributed by atoms with van der Waals surface area (Å²) in [7, 11) is 3.87. The van der Waals surface area contributed by atoms with Crippen molar-refractivity contribution >= 4 is 40.6 Å². The Morgan fingerprint density at radius 2 is 1.95 bits per heavy atom. The normalized spacial score (nSPS) is 11.1. The zero-order chi connectivity index (χ0) is 15.6. The topological polar surface area (TPSA) is 51.0 Å².